The third-order valence-corrected chi connectivity index (χ3v) is 4.06. The fourth-order valence-corrected chi connectivity index (χ4v) is 2.94. The molecule has 0 aromatic carbocycles. The predicted molar refractivity (Wildman–Crippen MR) is 72.2 cm³/mol. The van der Waals surface area contributed by atoms with E-state index in [0.29, 0.717) is 0 Å². The molecule has 4 nitrogen and oxygen atoms in total. The Hall–Kier alpha value is -0.160. The van der Waals surface area contributed by atoms with Crippen molar-refractivity contribution in [1.82, 2.24) is 20.0 Å². The molecule has 0 spiro atoms. The summed E-state index contributed by atoms with van der Waals surface area (Å²) in [6.45, 7) is 9.71. The minimum absolute atomic E-state index is 0.916. The molecule has 17 heavy (non-hydrogen) atoms. The first kappa shape index (κ1) is 13.3. The van der Waals surface area contributed by atoms with E-state index in [4.69, 9.17) is 0 Å². The Morgan fingerprint density at radius 2 is 1.76 bits per heavy atom. The van der Waals surface area contributed by atoms with Crippen LogP contribution >= 0.6 is 0 Å². The number of piperidine rings is 1. The molecule has 0 radical (unpaired) electrons. The molecule has 2 rings (SSSR count). The van der Waals surface area contributed by atoms with Crippen molar-refractivity contribution in [1.29, 1.82) is 0 Å². The van der Waals surface area contributed by atoms with Crippen LogP contribution in [0, 0.1) is 5.92 Å². The molecule has 0 aromatic rings. The number of likely N-dealkylation sites (tertiary alicyclic amines) is 1. The van der Waals surface area contributed by atoms with Crippen LogP contribution in [0.15, 0.2) is 0 Å². The van der Waals surface area contributed by atoms with Crippen LogP contribution in [0.25, 0.3) is 0 Å². The summed E-state index contributed by atoms with van der Waals surface area (Å²) in [6.07, 6.45) is 2.75. The number of nitrogens with one attached hydrogen (secondary N) is 1. The second kappa shape index (κ2) is 6.69. The van der Waals surface area contributed by atoms with Crippen molar-refractivity contribution in [3.63, 3.8) is 0 Å². The van der Waals surface area contributed by atoms with E-state index in [1.54, 1.807) is 0 Å². The number of nitrogens with zero attached hydrogens (tertiary/aromatic N) is 3. The van der Waals surface area contributed by atoms with E-state index in [0.717, 1.165) is 25.7 Å². The lowest BCUT2D eigenvalue weighted by Gasteiger charge is -2.35. The molecule has 0 amide bonds. The van der Waals surface area contributed by atoms with E-state index in [1.165, 1.54) is 45.6 Å². The summed E-state index contributed by atoms with van der Waals surface area (Å²) in [5, 5.41) is 3.41. The maximum atomic E-state index is 3.41. The second-order valence-electron chi connectivity index (χ2n) is 5.79. The highest BCUT2D eigenvalue weighted by molar-refractivity contribution is 4.73. The van der Waals surface area contributed by atoms with Gasteiger partial charge in [-0.25, -0.2) is 0 Å². The monoisotopic (exact) mass is 240 g/mol. The van der Waals surface area contributed by atoms with Crippen LogP contribution in [-0.2, 0) is 0 Å². The molecule has 2 saturated heterocycles. The van der Waals surface area contributed by atoms with Gasteiger partial charge in [-0.15, -0.1) is 0 Å². The zero-order valence-electron chi connectivity index (χ0n) is 11.5. The van der Waals surface area contributed by atoms with Crippen LogP contribution < -0.4 is 5.32 Å². The van der Waals surface area contributed by atoms with E-state index < -0.39 is 0 Å². The maximum Gasteiger partial charge on any atom is 0.0504 e. The van der Waals surface area contributed by atoms with Crippen molar-refractivity contribution in [3.8, 4) is 0 Å². The third kappa shape index (κ3) is 4.54. The Balaban J connectivity index is 1.64. The van der Waals surface area contributed by atoms with Gasteiger partial charge in [0.05, 0.1) is 6.67 Å². The van der Waals surface area contributed by atoms with Gasteiger partial charge < -0.3 is 10.2 Å². The van der Waals surface area contributed by atoms with E-state index in [1.807, 2.05) is 0 Å². The molecule has 0 aliphatic carbocycles. The lowest BCUT2D eigenvalue weighted by atomic mass is 9.97. The normalized spacial score (nSPS) is 25.6. The molecule has 2 aliphatic heterocycles. The van der Waals surface area contributed by atoms with Gasteiger partial charge in [-0.2, -0.15) is 0 Å². The largest absolute Gasteiger partial charge is 0.314 e. The van der Waals surface area contributed by atoms with Gasteiger partial charge in [-0.3, -0.25) is 9.80 Å². The fraction of sp³-hybridized carbons (Fsp3) is 1.00. The Morgan fingerprint density at radius 3 is 2.41 bits per heavy atom. The predicted octanol–water partition coefficient (Wildman–Crippen LogP) is 0.123. The molecule has 0 aromatic heterocycles. The summed E-state index contributed by atoms with van der Waals surface area (Å²) in [6, 6.07) is 0. The number of hydrogen-bond acceptors (Lipinski definition) is 4. The van der Waals surface area contributed by atoms with Gasteiger partial charge in [0.2, 0.25) is 0 Å². The standard InChI is InChI=1S/C13H28N4/c1-15-7-3-13(4-8-15)11-16(2)12-17-9-5-14-6-10-17/h13-14H,3-12H2,1-2H3. The second-order valence-corrected chi connectivity index (χ2v) is 5.79. The summed E-state index contributed by atoms with van der Waals surface area (Å²) >= 11 is 0. The summed E-state index contributed by atoms with van der Waals surface area (Å²) in [4.78, 5) is 7.53. The number of piperazine rings is 1. The molecule has 2 aliphatic rings. The molecular formula is C13H28N4. The number of rotatable bonds is 4. The quantitative estimate of drug-likeness (QED) is 0.753. The Morgan fingerprint density at radius 1 is 1.12 bits per heavy atom. The van der Waals surface area contributed by atoms with Gasteiger partial charge in [0.15, 0.2) is 0 Å². The first-order valence-corrected chi connectivity index (χ1v) is 7.04. The van der Waals surface area contributed by atoms with Crippen molar-refractivity contribution in [3.05, 3.63) is 0 Å². The third-order valence-electron chi connectivity index (χ3n) is 4.06. The Bertz CT molecular complexity index is 207. The van der Waals surface area contributed by atoms with Gasteiger partial charge in [-0.05, 0) is 45.9 Å². The molecule has 0 saturated carbocycles. The molecule has 2 fully saturated rings. The first-order chi connectivity index (χ1) is 8.24. The Labute approximate surface area is 106 Å². The first-order valence-electron chi connectivity index (χ1n) is 7.04. The van der Waals surface area contributed by atoms with Gasteiger partial charge in [-0.1, -0.05) is 0 Å². The molecule has 4 heteroatoms. The summed E-state index contributed by atoms with van der Waals surface area (Å²) in [7, 11) is 4.51. The molecule has 100 valence electrons. The van der Waals surface area contributed by atoms with Crippen LogP contribution in [0.2, 0.25) is 0 Å². The van der Waals surface area contributed by atoms with E-state index in [2.05, 4.69) is 34.1 Å². The summed E-state index contributed by atoms with van der Waals surface area (Å²) in [5.41, 5.74) is 0. The van der Waals surface area contributed by atoms with Gasteiger partial charge in [0.25, 0.3) is 0 Å². The van der Waals surface area contributed by atoms with E-state index in [-0.39, 0.29) is 0 Å². The maximum absolute atomic E-state index is 3.41. The van der Waals surface area contributed by atoms with Crippen LogP contribution in [0.3, 0.4) is 0 Å². The van der Waals surface area contributed by atoms with Crippen molar-refractivity contribution in [2.24, 2.45) is 5.92 Å². The van der Waals surface area contributed by atoms with Crippen LogP contribution in [0.4, 0.5) is 0 Å². The summed E-state index contributed by atoms with van der Waals surface area (Å²) < 4.78 is 0. The average molecular weight is 240 g/mol. The van der Waals surface area contributed by atoms with Crippen molar-refractivity contribution < 1.29 is 0 Å². The van der Waals surface area contributed by atoms with Crippen molar-refractivity contribution in [2.75, 3.05) is 66.6 Å². The fourth-order valence-electron chi connectivity index (χ4n) is 2.94. The highest BCUT2D eigenvalue weighted by atomic mass is 15.3. The molecule has 0 unspecified atom stereocenters. The molecule has 0 atom stereocenters. The van der Waals surface area contributed by atoms with E-state index >= 15 is 0 Å². The smallest absolute Gasteiger partial charge is 0.0504 e. The number of hydrogen-bond donors (Lipinski definition) is 1. The molecule has 2 heterocycles. The van der Waals surface area contributed by atoms with Crippen LogP contribution in [0.5, 0.6) is 0 Å². The zero-order valence-corrected chi connectivity index (χ0v) is 11.5. The Kier molecular flexibility index (Phi) is 5.22. The topological polar surface area (TPSA) is 21.8 Å². The molecular weight excluding hydrogens is 212 g/mol. The zero-order chi connectivity index (χ0) is 12.1. The molecule has 1 N–H and O–H groups in total. The average Bonchev–Trinajstić information content (AvgIpc) is 2.33. The lowest BCUT2D eigenvalue weighted by molar-refractivity contribution is 0.108. The highest BCUT2D eigenvalue weighted by Crippen LogP contribution is 2.16. The van der Waals surface area contributed by atoms with Crippen molar-refractivity contribution in [2.45, 2.75) is 12.8 Å². The van der Waals surface area contributed by atoms with E-state index in [9.17, 15) is 0 Å². The SMILES string of the molecule is CN1CCC(CN(C)CN2CCNCC2)CC1. The van der Waals surface area contributed by atoms with Gasteiger partial charge in [0.1, 0.15) is 0 Å². The van der Waals surface area contributed by atoms with Gasteiger partial charge >= 0.3 is 0 Å². The summed E-state index contributed by atoms with van der Waals surface area (Å²) in [5.74, 6) is 0.916. The minimum atomic E-state index is 0.916. The lowest BCUT2D eigenvalue weighted by Crippen LogP contribution is -2.48. The van der Waals surface area contributed by atoms with Crippen LogP contribution in [-0.4, -0.2) is 81.3 Å². The van der Waals surface area contributed by atoms with Crippen LogP contribution in [0.1, 0.15) is 12.8 Å². The van der Waals surface area contributed by atoms with Crippen molar-refractivity contribution >= 4 is 0 Å². The molecule has 0 bridgehead atoms. The highest BCUT2D eigenvalue weighted by Gasteiger charge is 2.19. The minimum Gasteiger partial charge on any atom is -0.314 e. The van der Waals surface area contributed by atoms with Gasteiger partial charge in [0, 0.05) is 32.7 Å².